The van der Waals surface area contributed by atoms with Crippen molar-refractivity contribution in [2.75, 3.05) is 6.61 Å². The van der Waals surface area contributed by atoms with Crippen LogP contribution in [-0.2, 0) is 26.1 Å². The maximum absolute atomic E-state index is 9.27. The summed E-state index contributed by atoms with van der Waals surface area (Å²) < 4.78 is 2.33. The number of hydrogen-bond acceptors (Lipinski definition) is 2. The molecule has 0 saturated carbocycles. The van der Waals surface area contributed by atoms with E-state index in [4.69, 9.17) is 0 Å². The van der Waals surface area contributed by atoms with Gasteiger partial charge in [0.2, 0.25) is 0 Å². The molecular formula is C16H22N2O. The van der Waals surface area contributed by atoms with Crippen LogP contribution in [0.5, 0.6) is 0 Å². The Labute approximate surface area is 114 Å². The molecule has 102 valence electrons. The Bertz CT molecular complexity index is 600. The third-order valence-corrected chi connectivity index (χ3v) is 4.14. The van der Waals surface area contributed by atoms with Crippen molar-refractivity contribution in [1.29, 1.82) is 0 Å². The number of fused-ring (bicyclic) bond motifs is 2. The van der Waals surface area contributed by atoms with Crippen molar-refractivity contribution in [2.45, 2.75) is 39.9 Å². The molecule has 1 aliphatic rings. The van der Waals surface area contributed by atoms with Gasteiger partial charge in [0.1, 0.15) is 0 Å². The molecule has 3 rings (SSSR count). The zero-order chi connectivity index (χ0) is 13.4. The number of nitrogens with one attached hydrogen (secondary N) is 1. The monoisotopic (exact) mass is 258 g/mol. The van der Waals surface area contributed by atoms with Crippen molar-refractivity contribution in [3.05, 3.63) is 35.0 Å². The normalized spacial score (nSPS) is 15.9. The van der Waals surface area contributed by atoms with Crippen LogP contribution < -0.4 is 5.32 Å². The van der Waals surface area contributed by atoms with Gasteiger partial charge >= 0.3 is 0 Å². The number of hydrogen-bond donors (Lipinski definition) is 2. The molecule has 3 heteroatoms. The van der Waals surface area contributed by atoms with Crippen molar-refractivity contribution in [2.24, 2.45) is 5.92 Å². The van der Waals surface area contributed by atoms with Crippen molar-refractivity contribution in [3.63, 3.8) is 0 Å². The molecule has 0 radical (unpaired) electrons. The minimum absolute atomic E-state index is 0.255. The number of rotatable bonds is 4. The Morgan fingerprint density at radius 1 is 1.32 bits per heavy atom. The van der Waals surface area contributed by atoms with Gasteiger partial charge in [-0.3, -0.25) is 0 Å². The van der Waals surface area contributed by atoms with E-state index in [0.29, 0.717) is 5.92 Å². The van der Waals surface area contributed by atoms with Crippen LogP contribution in [0.2, 0.25) is 0 Å². The molecule has 1 unspecified atom stereocenters. The number of aromatic nitrogens is 1. The Kier molecular flexibility index (Phi) is 3.33. The third kappa shape index (κ3) is 2.17. The maximum atomic E-state index is 9.27. The number of nitrogens with zero attached hydrogens (tertiary/aromatic N) is 1. The quantitative estimate of drug-likeness (QED) is 0.884. The van der Waals surface area contributed by atoms with E-state index in [1.165, 1.54) is 27.6 Å². The van der Waals surface area contributed by atoms with E-state index < -0.39 is 0 Å². The predicted octanol–water partition coefficient (Wildman–Crippen LogP) is 2.44. The molecule has 1 atom stereocenters. The summed E-state index contributed by atoms with van der Waals surface area (Å²) in [6, 6.07) is 4.68. The second-order valence-electron chi connectivity index (χ2n) is 5.67. The minimum atomic E-state index is 0.255. The molecule has 2 heterocycles. The van der Waals surface area contributed by atoms with Crippen LogP contribution in [0.25, 0.3) is 10.9 Å². The van der Waals surface area contributed by atoms with E-state index in [0.717, 1.165) is 26.1 Å². The summed E-state index contributed by atoms with van der Waals surface area (Å²) in [5, 5.41) is 14.0. The van der Waals surface area contributed by atoms with E-state index >= 15 is 0 Å². The summed E-state index contributed by atoms with van der Waals surface area (Å²) >= 11 is 0. The highest BCUT2D eigenvalue weighted by Gasteiger charge is 2.16. The van der Waals surface area contributed by atoms with Gasteiger partial charge in [0, 0.05) is 43.3 Å². The van der Waals surface area contributed by atoms with Crippen molar-refractivity contribution >= 4 is 10.9 Å². The Hall–Kier alpha value is -1.32. The second-order valence-corrected chi connectivity index (χ2v) is 5.67. The van der Waals surface area contributed by atoms with Gasteiger partial charge in [0.15, 0.2) is 0 Å². The van der Waals surface area contributed by atoms with Crippen LogP contribution in [0.1, 0.15) is 30.5 Å². The minimum Gasteiger partial charge on any atom is -0.396 e. The molecule has 0 saturated heterocycles. The van der Waals surface area contributed by atoms with Crippen LogP contribution in [0.4, 0.5) is 0 Å². The Morgan fingerprint density at radius 2 is 2.05 bits per heavy atom. The molecule has 0 fully saturated rings. The molecule has 0 amide bonds. The predicted molar refractivity (Wildman–Crippen MR) is 78.1 cm³/mol. The summed E-state index contributed by atoms with van der Waals surface area (Å²) in [5.41, 5.74) is 5.57. The van der Waals surface area contributed by atoms with E-state index in [1.54, 1.807) is 0 Å². The van der Waals surface area contributed by atoms with Crippen molar-refractivity contribution < 1.29 is 5.11 Å². The van der Waals surface area contributed by atoms with Gasteiger partial charge in [-0.15, -0.1) is 0 Å². The first-order valence-corrected chi connectivity index (χ1v) is 7.18. The highest BCUT2D eigenvalue weighted by atomic mass is 16.3. The summed E-state index contributed by atoms with van der Waals surface area (Å²) in [6.45, 7) is 7.51. The first kappa shape index (κ1) is 12.7. The molecular weight excluding hydrogens is 236 g/mol. The smallest absolute Gasteiger partial charge is 0.0486 e. The standard InChI is InChI=1S/C16H22N2O/c1-3-18-9-14(4-11(2)10-19)15-5-12-7-17-8-13(12)6-16(15)18/h5-6,9,11,17,19H,3-4,7-8,10H2,1-2H3. The van der Waals surface area contributed by atoms with Crippen LogP contribution >= 0.6 is 0 Å². The molecule has 0 aliphatic carbocycles. The third-order valence-electron chi connectivity index (χ3n) is 4.14. The van der Waals surface area contributed by atoms with Gasteiger partial charge in [0.25, 0.3) is 0 Å². The average Bonchev–Trinajstić information content (AvgIpc) is 3.00. The zero-order valence-electron chi connectivity index (χ0n) is 11.7. The summed E-state index contributed by atoms with van der Waals surface area (Å²) in [7, 11) is 0. The van der Waals surface area contributed by atoms with Gasteiger partial charge in [-0.05, 0) is 48.1 Å². The second kappa shape index (κ2) is 4.99. The van der Waals surface area contributed by atoms with Crippen LogP contribution in [0, 0.1) is 5.92 Å². The van der Waals surface area contributed by atoms with E-state index in [1.807, 2.05) is 0 Å². The first-order valence-electron chi connectivity index (χ1n) is 7.18. The lowest BCUT2D eigenvalue weighted by Gasteiger charge is -2.06. The maximum Gasteiger partial charge on any atom is 0.0486 e. The fourth-order valence-corrected chi connectivity index (χ4v) is 3.02. The van der Waals surface area contributed by atoms with Gasteiger partial charge in [-0.2, -0.15) is 0 Å². The molecule has 2 N–H and O–H groups in total. The summed E-state index contributed by atoms with van der Waals surface area (Å²) in [5.74, 6) is 0.322. The lowest BCUT2D eigenvalue weighted by molar-refractivity contribution is 0.237. The average molecular weight is 258 g/mol. The van der Waals surface area contributed by atoms with Gasteiger partial charge in [0.05, 0.1) is 0 Å². The summed E-state index contributed by atoms with van der Waals surface area (Å²) in [4.78, 5) is 0. The van der Waals surface area contributed by atoms with Crippen LogP contribution in [0.3, 0.4) is 0 Å². The highest BCUT2D eigenvalue weighted by molar-refractivity contribution is 5.86. The van der Waals surface area contributed by atoms with Gasteiger partial charge in [-0.1, -0.05) is 6.92 Å². The highest BCUT2D eigenvalue weighted by Crippen LogP contribution is 2.29. The van der Waals surface area contributed by atoms with Gasteiger partial charge < -0.3 is 15.0 Å². The molecule has 0 spiro atoms. The molecule has 3 nitrogen and oxygen atoms in total. The fraction of sp³-hybridized carbons (Fsp3) is 0.500. The first-order chi connectivity index (χ1) is 9.22. The van der Waals surface area contributed by atoms with Gasteiger partial charge in [-0.25, -0.2) is 0 Å². The van der Waals surface area contributed by atoms with Crippen LogP contribution in [-0.4, -0.2) is 16.3 Å². The molecule has 19 heavy (non-hydrogen) atoms. The SMILES string of the molecule is CCn1cc(CC(C)CO)c2cc3c(cc21)CNC3. The number of aliphatic hydroxyl groups excluding tert-OH is 1. The number of benzene rings is 1. The molecule has 1 aliphatic heterocycles. The zero-order valence-corrected chi connectivity index (χ0v) is 11.7. The molecule has 0 bridgehead atoms. The van der Waals surface area contributed by atoms with E-state index in [9.17, 15) is 5.11 Å². The molecule has 2 aromatic rings. The molecule has 1 aromatic carbocycles. The lowest BCUT2D eigenvalue weighted by atomic mass is 9.99. The summed E-state index contributed by atoms with van der Waals surface area (Å²) in [6.07, 6.45) is 3.21. The van der Waals surface area contributed by atoms with Crippen molar-refractivity contribution in [3.8, 4) is 0 Å². The Morgan fingerprint density at radius 3 is 2.74 bits per heavy atom. The Balaban J connectivity index is 2.12. The number of aliphatic hydroxyl groups is 1. The number of aryl methyl sites for hydroxylation is 1. The van der Waals surface area contributed by atoms with Crippen molar-refractivity contribution in [1.82, 2.24) is 9.88 Å². The van der Waals surface area contributed by atoms with Crippen LogP contribution in [0.15, 0.2) is 18.3 Å². The topological polar surface area (TPSA) is 37.2 Å². The van der Waals surface area contributed by atoms with E-state index in [2.05, 4.69) is 42.1 Å². The largest absolute Gasteiger partial charge is 0.396 e. The lowest BCUT2D eigenvalue weighted by Crippen LogP contribution is -2.04. The molecule has 1 aromatic heterocycles. The van der Waals surface area contributed by atoms with E-state index in [-0.39, 0.29) is 6.61 Å². The fourth-order valence-electron chi connectivity index (χ4n) is 3.02.